The van der Waals surface area contributed by atoms with Crippen LogP contribution in [-0.4, -0.2) is 27.5 Å². The summed E-state index contributed by atoms with van der Waals surface area (Å²) in [6.07, 6.45) is 4.25. The second-order valence-electron chi connectivity index (χ2n) is 6.86. The van der Waals surface area contributed by atoms with Crippen molar-refractivity contribution in [1.82, 2.24) is 10.3 Å². The molecule has 25 heavy (non-hydrogen) atoms. The van der Waals surface area contributed by atoms with E-state index in [9.17, 15) is 14.7 Å². The molecule has 1 fully saturated rings. The van der Waals surface area contributed by atoms with Crippen LogP contribution in [0.15, 0.2) is 28.7 Å². The van der Waals surface area contributed by atoms with Crippen LogP contribution in [0.2, 0.25) is 0 Å². The van der Waals surface area contributed by atoms with Crippen LogP contribution in [0, 0.1) is 5.92 Å². The van der Waals surface area contributed by atoms with Crippen molar-refractivity contribution in [3.63, 3.8) is 0 Å². The van der Waals surface area contributed by atoms with Gasteiger partial charge in [0.05, 0.1) is 0 Å². The predicted molar refractivity (Wildman–Crippen MR) is 93.1 cm³/mol. The Hall–Kier alpha value is -2.37. The van der Waals surface area contributed by atoms with Crippen LogP contribution in [0.25, 0.3) is 11.1 Å². The van der Waals surface area contributed by atoms with Gasteiger partial charge < -0.3 is 14.8 Å². The number of benzene rings is 1. The van der Waals surface area contributed by atoms with E-state index in [0.717, 1.165) is 24.8 Å². The van der Waals surface area contributed by atoms with E-state index in [-0.39, 0.29) is 12.3 Å². The van der Waals surface area contributed by atoms with Gasteiger partial charge in [-0.2, -0.15) is 0 Å². The van der Waals surface area contributed by atoms with Gasteiger partial charge in [-0.1, -0.05) is 25.5 Å². The van der Waals surface area contributed by atoms with E-state index < -0.39 is 11.5 Å². The average Bonchev–Trinajstić information content (AvgIpc) is 3.03. The number of rotatable bonds is 6. The van der Waals surface area contributed by atoms with Crippen LogP contribution >= 0.6 is 0 Å². The smallest absolute Gasteiger partial charge is 0.329 e. The first-order valence-electron chi connectivity index (χ1n) is 8.91. The second kappa shape index (κ2) is 7.25. The number of carboxylic acids is 1. The van der Waals surface area contributed by atoms with Crippen molar-refractivity contribution in [2.24, 2.45) is 5.92 Å². The zero-order valence-corrected chi connectivity index (χ0v) is 14.5. The minimum Gasteiger partial charge on any atom is -0.480 e. The van der Waals surface area contributed by atoms with Crippen molar-refractivity contribution >= 4 is 23.0 Å². The number of amides is 1. The third-order valence-corrected chi connectivity index (χ3v) is 5.23. The van der Waals surface area contributed by atoms with Crippen molar-refractivity contribution in [3.8, 4) is 0 Å². The molecular formula is C19H24N2O4. The minimum atomic E-state index is -1.12. The Bertz CT molecular complexity index is 727. The number of aryl methyl sites for hydroxylation is 1. The molecule has 2 aromatic rings. The fourth-order valence-corrected chi connectivity index (χ4v) is 3.55. The molecule has 0 atom stereocenters. The van der Waals surface area contributed by atoms with Crippen LogP contribution in [0.4, 0.5) is 0 Å². The highest BCUT2D eigenvalue weighted by atomic mass is 16.4. The third kappa shape index (κ3) is 3.83. The fraction of sp³-hybridized carbons (Fsp3) is 0.526. The number of nitrogens with one attached hydrogen (secondary N) is 1. The van der Waals surface area contributed by atoms with E-state index >= 15 is 0 Å². The van der Waals surface area contributed by atoms with Crippen molar-refractivity contribution < 1.29 is 19.1 Å². The lowest BCUT2D eigenvalue weighted by Crippen LogP contribution is -2.56. The Labute approximate surface area is 146 Å². The summed E-state index contributed by atoms with van der Waals surface area (Å²) in [4.78, 5) is 28.4. The third-order valence-electron chi connectivity index (χ3n) is 5.23. The molecule has 1 heterocycles. The topological polar surface area (TPSA) is 92.4 Å². The predicted octanol–water partition coefficient (Wildman–Crippen LogP) is 3.30. The number of carbonyl (C=O) groups is 2. The van der Waals surface area contributed by atoms with E-state index in [2.05, 4.69) is 17.2 Å². The molecule has 0 saturated heterocycles. The molecule has 2 N–H and O–H groups in total. The van der Waals surface area contributed by atoms with Crippen molar-refractivity contribution in [3.05, 3.63) is 30.2 Å². The number of nitrogens with zero attached hydrogens (tertiary/aromatic N) is 1. The summed E-state index contributed by atoms with van der Waals surface area (Å²) in [5.74, 6) is -0.142. The molecule has 0 spiro atoms. The van der Waals surface area contributed by atoms with Gasteiger partial charge in [0.15, 0.2) is 11.5 Å². The highest BCUT2D eigenvalue weighted by Crippen LogP contribution is 2.34. The molecule has 0 aliphatic heterocycles. The molecule has 1 aromatic carbocycles. The number of hydrogen-bond donors (Lipinski definition) is 2. The van der Waals surface area contributed by atoms with Crippen LogP contribution in [0.3, 0.4) is 0 Å². The summed E-state index contributed by atoms with van der Waals surface area (Å²) in [6, 6.07) is 7.43. The summed E-state index contributed by atoms with van der Waals surface area (Å²) in [5, 5.41) is 12.4. The molecule has 1 aromatic heterocycles. The number of carboxylic acid groups (broad SMARTS) is 1. The molecule has 6 heteroatoms. The van der Waals surface area contributed by atoms with Gasteiger partial charge in [0.1, 0.15) is 11.1 Å². The Balaban J connectivity index is 1.59. The summed E-state index contributed by atoms with van der Waals surface area (Å²) in [6.45, 7) is 2.12. The number of fused-ring (bicyclic) bond motifs is 1. The number of aromatic nitrogens is 1. The fourth-order valence-electron chi connectivity index (χ4n) is 3.55. The molecule has 1 saturated carbocycles. The van der Waals surface area contributed by atoms with E-state index in [1.54, 1.807) is 0 Å². The first kappa shape index (κ1) is 17.5. The standard InChI is InChI=1S/C19H24N2O4/c1-2-13-9-11-19(12-10-13,18(23)24)21-16(22)7-8-17-20-14-5-3-4-6-15(14)25-17/h3-6,13H,2,7-12H2,1H3,(H,21,22)(H,23,24). The molecule has 0 unspecified atom stereocenters. The van der Waals surface area contributed by atoms with Gasteiger partial charge in [-0.15, -0.1) is 0 Å². The van der Waals surface area contributed by atoms with Crippen LogP contribution < -0.4 is 5.32 Å². The number of para-hydroxylation sites is 2. The van der Waals surface area contributed by atoms with Gasteiger partial charge in [-0.25, -0.2) is 9.78 Å². The highest BCUT2D eigenvalue weighted by molar-refractivity contribution is 5.87. The normalized spacial score (nSPS) is 23.5. The number of carbonyl (C=O) groups excluding carboxylic acids is 1. The Morgan fingerprint density at radius 2 is 2.04 bits per heavy atom. The maximum atomic E-state index is 12.3. The zero-order valence-electron chi connectivity index (χ0n) is 14.5. The van der Waals surface area contributed by atoms with Crippen molar-refractivity contribution in [2.75, 3.05) is 0 Å². The molecule has 6 nitrogen and oxygen atoms in total. The van der Waals surface area contributed by atoms with E-state index in [1.807, 2.05) is 24.3 Å². The molecular weight excluding hydrogens is 320 g/mol. The lowest BCUT2D eigenvalue weighted by molar-refractivity contribution is -0.149. The quantitative estimate of drug-likeness (QED) is 0.839. The Morgan fingerprint density at radius 1 is 1.32 bits per heavy atom. The van der Waals surface area contributed by atoms with Gasteiger partial charge in [0.25, 0.3) is 0 Å². The lowest BCUT2D eigenvalue weighted by atomic mass is 9.75. The number of oxazole rings is 1. The van der Waals surface area contributed by atoms with Crippen LogP contribution in [0.5, 0.6) is 0 Å². The largest absolute Gasteiger partial charge is 0.480 e. The monoisotopic (exact) mass is 344 g/mol. The molecule has 0 radical (unpaired) electrons. The summed E-state index contributed by atoms with van der Waals surface area (Å²) in [5.41, 5.74) is 0.333. The average molecular weight is 344 g/mol. The summed E-state index contributed by atoms with van der Waals surface area (Å²) in [7, 11) is 0. The minimum absolute atomic E-state index is 0.166. The Morgan fingerprint density at radius 3 is 2.68 bits per heavy atom. The van der Waals surface area contributed by atoms with Gasteiger partial charge in [0.2, 0.25) is 5.91 Å². The van der Waals surface area contributed by atoms with Gasteiger partial charge >= 0.3 is 5.97 Å². The SMILES string of the molecule is CCC1CCC(NC(=O)CCc2nc3ccccc3o2)(C(=O)O)CC1. The van der Waals surface area contributed by atoms with Crippen LogP contribution in [0.1, 0.15) is 51.3 Å². The van der Waals surface area contributed by atoms with Crippen molar-refractivity contribution in [1.29, 1.82) is 0 Å². The molecule has 3 rings (SSSR count). The maximum Gasteiger partial charge on any atom is 0.329 e. The van der Waals surface area contributed by atoms with E-state index in [4.69, 9.17) is 4.42 Å². The zero-order chi connectivity index (χ0) is 17.9. The maximum absolute atomic E-state index is 12.3. The number of aliphatic carboxylic acids is 1. The molecule has 0 bridgehead atoms. The van der Waals surface area contributed by atoms with Crippen LogP contribution in [-0.2, 0) is 16.0 Å². The van der Waals surface area contributed by atoms with Crippen molar-refractivity contribution in [2.45, 2.75) is 57.4 Å². The first-order chi connectivity index (χ1) is 12.0. The summed E-state index contributed by atoms with van der Waals surface area (Å²) >= 11 is 0. The van der Waals surface area contributed by atoms with Gasteiger partial charge in [0, 0.05) is 12.8 Å². The van der Waals surface area contributed by atoms with Gasteiger partial charge in [-0.05, 0) is 43.7 Å². The Kier molecular flexibility index (Phi) is 5.06. The second-order valence-corrected chi connectivity index (χ2v) is 6.86. The van der Waals surface area contributed by atoms with E-state index in [1.165, 1.54) is 0 Å². The molecule has 1 aliphatic rings. The van der Waals surface area contributed by atoms with Gasteiger partial charge in [-0.3, -0.25) is 4.79 Å². The number of hydrogen-bond acceptors (Lipinski definition) is 4. The molecule has 1 aliphatic carbocycles. The molecule has 1 amide bonds. The molecule has 134 valence electrons. The lowest BCUT2D eigenvalue weighted by Gasteiger charge is -2.37. The van der Waals surface area contributed by atoms with E-state index in [0.29, 0.717) is 36.7 Å². The summed E-state index contributed by atoms with van der Waals surface area (Å²) < 4.78 is 5.60. The highest BCUT2D eigenvalue weighted by Gasteiger charge is 2.42. The first-order valence-corrected chi connectivity index (χ1v) is 8.91.